The molecule has 2 heterocycles. The van der Waals surface area contributed by atoms with E-state index in [1.165, 1.54) is 5.56 Å². The molecule has 2 rings (SSSR count). The minimum absolute atomic E-state index is 1.00. The van der Waals surface area contributed by atoms with Crippen LogP contribution in [0.15, 0.2) is 30.6 Å². The van der Waals surface area contributed by atoms with Crippen molar-refractivity contribution in [3.63, 3.8) is 0 Å². The second kappa shape index (κ2) is 2.74. The summed E-state index contributed by atoms with van der Waals surface area (Å²) in [4.78, 5) is 4.22. The number of allylic oxidation sites excluding steroid dienone is 1. The Balaban J connectivity index is 2.40. The maximum atomic E-state index is 4.22. The van der Waals surface area contributed by atoms with Gasteiger partial charge in [-0.1, -0.05) is 12.1 Å². The maximum absolute atomic E-state index is 4.22. The summed E-state index contributed by atoms with van der Waals surface area (Å²) in [5, 5.41) is 3.13. The number of nitrogens with one attached hydrogen (secondary N) is 1. The summed E-state index contributed by atoms with van der Waals surface area (Å²) in [6.45, 7) is 0. The highest BCUT2D eigenvalue weighted by Crippen LogP contribution is 2.16. The Hall–Kier alpha value is -1.31. The first-order valence-electron chi connectivity index (χ1n) is 3.82. The Morgan fingerprint density at radius 3 is 3.45 bits per heavy atom. The van der Waals surface area contributed by atoms with Gasteiger partial charge in [0.1, 0.15) is 5.82 Å². The standard InChI is InChI=1S/C9H10N2/c1-2-6-10-9-8(4-1)5-3-7-11-9/h2-3,5-7H,1,4H2,(H,10,11). The van der Waals surface area contributed by atoms with Gasteiger partial charge in [-0.25, -0.2) is 4.98 Å². The lowest BCUT2D eigenvalue weighted by molar-refractivity contribution is 1.00. The molecule has 1 N–H and O–H groups in total. The maximum Gasteiger partial charge on any atom is 0.133 e. The molecule has 0 bridgehead atoms. The monoisotopic (exact) mass is 146 g/mol. The summed E-state index contributed by atoms with van der Waals surface area (Å²) in [6, 6.07) is 4.09. The van der Waals surface area contributed by atoms with Gasteiger partial charge < -0.3 is 5.32 Å². The first-order valence-corrected chi connectivity index (χ1v) is 3.82. The smallest absolute Gasteiger partial charge is 0.133 e. The van der Waals surface area contributed by atoms with Crippen molar-refractivity contribution < 1.29 is 0 Å². The molecule has 0 amide bonds. The normalized spacial score (nSPS) is 14.9. The Bertz CT molecular complexity index is 279. The van der Waals surface area contributed by atoms with Crippen molar-refractivity contribution in [1.29, 1.82) is 0 Å². The molecular formula is C9H10N2. The van der Waals surface area contributed by atoms with E-state index in [0.29, 0.717) is 0 Å². The number of hydrogen-bond donors (Lipinski definition) is 1. The SMILES string of the molecule is C1=CNc2ncccc2CC1. The van der Waals surface area contributed by atoms with Crippen LogP contribution < -0.4 is 5.32 Å². The summed E-state index contributed by atoms with van der Waals surface area (Å²) < 4.78 is 0. The van der Waals surface area contributed by atoms with Crippen LogP contribution in [0.25, 0.3) is 0 Å². The number of anilines is 1. The minimum atomic E-state index is 1.00. The van der Waals surface area contributed by atoms with Crippen LogP contribution in [0, 0.1) is 0 Å². The number of aromatic nitrogens is 1. The van der Waals surface area contributed by atoms with E-state index in [1.54, 1.807) is 0 Å². The van der Waals surface area contributed by atoms with Crippen LogP contribution in [0.1, 0.15) is 12.0 Å². The molecule has 0 unspecified atom stereocenters. The predicted octanol–water partition coefficient (Wildman–Crippen LogP) is 1.95. The Kier molecular flexibility index (Phi) is 1.60. The molecule has 0 fully saturated rings. The summed E-state index contributed by atoms with van der Waals surface area (Å²) in [6.07, 6.45) is 8.09. The molecule has 56 valence electrons. The largest absolute Gasteiger partial charge is 0.347 e. The summed E-state index contributed by atoms with van der Waals surface area (Å²) in [5.74, 6) is 1.00. The van der Waals surface area contributed by atoms with Gasteiger partial charge in [-0.2, -0.15) is 0 Å². The summed E-state index contributed by atoms with van der Waals surface area (Å²) in [7, 11) is 0. The number of fused-ring (bicyclic) bond motifs is 1. The fourth-order valence-electron chi connectivity index (χ4n) is 1.23. The molecule has 2 heteroatoms. The van der Waals surface area contributed by atoms with E-state index in [9.17, 15) is 0 Å². The number of nitrogens with zero attached hydrogens (tertiary/aromatic N) is 1. The molecule has 1 aliphatic rings. The molecule has 0 spiro atoms. The third kappa shape index (κ3) is 1.24. The molecule has 1 aromatic rings. The van der Waals surface area contributed by atoms with E-state index in [1.807, 2.05) is 18.5 Å². The lowest BCUT2D eigenvalue weighted by Gasteiger charge is -2.02. The first kappa shape index (κ1) is 6.40. The van der Waals surface area contributed by atoms with Gasteiger partial charge in [0.15, 0.2) is 0 Å². The van der Waals surface area contributed by atoms with E-state index in [2.05, 4.69) is 22.4 Å². The topological polar surface area (TPSA) is 24.9 Å². The molecule has 1 aromatic heterocycles. The van der Waals surface area contributed by atoms with Gasteiger partial charge in [0.25, 0.3) is 0 Å². The molecule has 0 atom stereocenters. The van der Waals surface area contributed by atoms with Crippen molar-refractivity contribution >= 4 is 5.82 Å². The Labute approximate surface area is 66.0 Å². The zero-order valence-electron chi connectivity index (χ0n) is 6.25. The molecule has 0 aromatic carbocycles. The van der Waals surface area contributed by atoms with Crippen LogP contribution in [-0.2, 0) is 6.42 Å². The number of pyridine rings is 1. The Morgan fingerprint density at radius 2 is 2.45 bits per heavy atom. The van der Waals surface area contributed by atoms with Crippen LogP contribution in [-0.4, -0.2) is 4.98 Å². The summed E-state index contributed by atoms with van der Waals surface area (Å²) >= 11 is 0. The third-order valence-electron chi connectivity index (χ3n) is 1.81. The number of hydrogen-bond acceptors (Lipinski definition) is 2. The molecular weight excluding hydrogens is 136 g/mol. The molecule has 0 aliphatic carbocycles. The second-order valence-electron chi connectivity index (χ2n) is 2.60. The van der Waals surface area contributed by atoms with Crippen molar-refractivity contribution in [2.45, 2.75) is 12.8 Å². The van der Waals surface area contributed by atoms with Crippen molar-refractivity contribution in [3.8, 4) is 0 Å². The van der Waals surface area contributed by atoms with Crippen molar-refractivity contribution in [1.82, 2.24) is 4.98 Å². The molecule has 11 heavy (non-hydrogen) atoms. The van der Waals surface area contributed by atoms with E-state index < -0.39 is 0 Å². The molecule has 1 aliphatic heterocycles. The van der Waals surface area contributed by atoms with E-state index in [4.69, 9.17) is 0 Å². The fourth-order valence-corrected chi connectivity index (χ4v) is 1.23. The van der Waals surface area contributed by atoms with Crippen LogP contribution in [0.5, 0.6) is 0 Å². The molecule has 0 saturated heterocycles. The van der Waals surface area contributed by atoms with Gasteiger partial charge >= 0.3 is 0 Å². The van der Waals surface area contributed by atoms with Crippen molar-refractivity contribution in [2.75, 3.05) is 5.32 Å². The van der Waals surface area contributed by atoms with E-state index in [-0.39, 0.29) is 0 Å². The van der Waals surface area contributed by atoms with Crippen LogP contribution >= 0.6 is 0 Å². The van der Waals surface area contributed by atoms with Crippen LogP contribution in [0.2, 0.25) is 0 Å². The van der Waals surface area contributed by atoms with Gasteiger partial charge in [0.2, 0.25) is 0 Å². The third-order valence-corrected chi connectivity index (χ3v) is 1.81. The average Bonchev–Trinajstić information content (AvgIpc) is 2.28. The van der Waals surface area contributed by atoms with Gasteiger partial charge in [-0.15, -0.1) is 0 Å². The van der Waals surface area contributed by atoms with Gasteiger partial charge in [-0.3, -0.25) is 0 Å². The zero-order chi connectivity index (χ0) is 7.52. The Morgan fingerprint density at radius 1 is 1.45 bits per heavy atom. The zero-order valence-corrected chi connectivity index (χ0v) is 6.25. The van der Waals surface area contributed by atoms with E-state index in [0.717, 1.165) is 18.7 Å². The van der Waals surface area contributed by atoms with Crippen LogP contribution in [0.3, 0.4) is 0 Å². The minimum Gasteiger partial charge on any atom is -0.347 e. The quantitative estimate of drug-likeness (QED) is 0.605. The highest BCUT2D eigenvalue weighted by atomic mass is 15.0. The predicted molar refractivity (Wildman–Crippen MR) is 45.3 cm³/mol. The highest BCUT2D eigenvalue weighted by Gasteiger charge is 2.02. The first-order chi connectivity index (χ1) is 5.47. The number of rotatable bonds is 0. The molecule has 0 radical (unpaired) electrons. The second-order valence-corrected chi connectivity index (χ2v) is 2.60. The number of aryl methyl sites for hydroxylation is 1. The highest BCUT2D eigenvalue weighted by molar-refractivity contribution is 5.47. The summed E-state index contributed by atoms with van der Waals surface area (Å²) in [5.41, 5.74) is 1.30. The average molecular weight is 146 g/mol. The van der Waals surface area contributed by atoms with Gasteiger partial charge in [0.05, 0.1) is 0 Å². The van der Waals surface area contributed by atoms with Crippen LogP contribution in [0.4, 0.5) is 5.82 Å². The lowest BCUT2D eigenvalue weighted by atomic mass is 10.1. The molecule has 0 saturated carbocycles. The fraction of sp³-hybridized carbons (Fsp3) is 0.222. The van der Waals surface area contributed by atoms with Gasteiger partial charge in [-0.05, 0) is 30.7 Å². The van der Waals surface area contributed by atoms with Crippen molar-refractivity contribution in [3.05, 3.63) is 36.2 Å². The van der Waals surface area contributed by atoms with Crippen molar-refractivity contribution in [2.24, 2.45) is 0 Å². The van der Waals surface area contributed by atoms with Gasteiger partial charge in [0, 0.05) is 6.20 Å². The molecule has 2 nitrogen and oxygen atoms in total. The lowest BCUT2D eigenvalue weighted by Crippen LogP contribution is -1.93. The van der Waals surface area contributed by atoms with E-state index >= 15 is 0 Å².